The standard InChI is InChI=1S/C11H10Cl2N2O2S/c1-7-5-11(10(13)6-9(7)12)18(16,17)15-4-3-14-8(15)2/h3-6H,1-2H3. The number of rotatable bonds is 2. The number of benzene rings is 1. The average Bonchev–Trinajstić information content (AvgIpc) is 2.70. The van der Waals surface area contributed by atoms with Crippen LogP contribution >= 0.6 is 23.2 Å². The summed E-state index contributed by atoms with van der Waals surface area (Å²) in [5.41, 5.74) is 0.650. The van der Waals surface area contributed by atoms with Gasteiger partial charge in [-0.15, -0.1) is 0 Å². The average molecular weight is 305 g/mol. The van der Waals surface area contributed by atoms with E-state index >= 15 is 0 Å². The molecule has 1 aromatic carbocycles. The zero-order chi connectivity index (χ0) is 13.5. The molecule has 0 bridgehead atoms. The molecule has 0 fully saturated rings. The lowest BCUT2D eigenvalue weighted by molar-refractivity contribution is 0.586. The lowest BCUT2D eigenvalue weighted by Crippen LogP contribution is -2.14. The molecule has 0 aliphatic rings. The summed E-state index contributed by atoms with van der Waals surface area (Å²) in [5.74, 6) is 0.374. The molecule has 7 heteroatoms. The van der Waals surface area contributed by atoms with Gasteiger partial charge < -0.3 is 0 Å². The Morgan fingerprint density at radius 1 is 1.17 bits per heavy atom. The molecule has 1 heterocycles. The maximum atomic E-state index is 12.4. The Morgan fingerprint density at radius 3 is 2.39 bits per heavy atom. The van der Waals surface area contributed by atoms with Gasteiger partial charge >= 0.3 is 0 Å². The van der Waals surface area contributed by atoms with Gasteiger partial charge in [-0.2, -0.15) is 0 Å². The summed E-state index contributed by atoms with van der Waals surface area (Å²) in [7, 11) is -3.73. The van der Waals surface area contributed by atoms with E-state index in [-0.39, 0.29) is 9.92 Å². The third-order valence-corrected chi connectivity index (χ3v) is 5.16. The number of halogens is 2. The highest BCUT2D eigenvalue weighted by molar-refractivity contribution is 7.90. The van der Waals surface area contributed by atoms with Gasteiger partial charge in [0.2, 0.25) is 0 Å². The van der Waals surface area contributed by atoms with Gasteiger partial charge in [-0.3, -0.25) is 0 Å². The molecule has 0 saturated heterocycles. The first-order valence-electron chi connectivity index (χ1n) is 5.05. The van der Waals surface area contributed by atoms with Gasteiger partial charge in [-0.05, 0) is 31.5 Å². The monoisotopic (exact) mass is 304 g/mol. The lowest BCUT2D eigenvalue weighted by Gasteiger charge is -2.10. The largest absolute Gasteiger partial charge is 0.270 e. The van der Waals surface area contributed by atoms with Crippen molar-refractivity contribution in [2.24, 2.45) is 0 Å². The SMILES string of the molecule is Cc1cc(S(=O)(=O)n2ccnc2C)c(Cl)cc1Cl. The summed E-state index contributed by atoms with van der Waals surface area (Å²) in [5, 5.41) is 0.528. The molecule has 18 heavy (non-hydrogen) atoms. The lowest BCUT2D eigenvalue weighted by atomic mass is 10.2. The highest BCUT2D eigenvalue weighted by Gasteiger charge is 2.22. The Morgan fingerprint density at radius 2 is 1.83 bits per heavy atom. The summed E-state index contributed by atoms with van der Waals surface area (Å²) in [4.78, 5) is 3.91. The van der Waals surface area contributed by atoms with Crippen molar-refractivity contribution in [3.63, 3.8) is 0 Å². The molecule has 1 aromatic heterocycles. The predicted octanol–water partition coefficient (Wildman–Crippen LogP) is 3.04. The Bertz CT molecular complexity index is 708. The van der Waals surface area contributed by atoms with Gasteiger partial charge in [0.05, 0.1) is 5.02 Å². The van der Waals surface area contributed by atoms with Crippen LogP contribution in [0.4, 0.5) is 0 Å². The van der Waals surface area contributed by atoms with Gasteiger partial charge in [0.25, 0.3) is 10.0 Å². The number of hydrogen-bond donors (Lipinski definition) is 0. The van der Waals surface area contributed by atoms with E-state index in [9.17, 15) is 8.42 Å². The van der Waals surface area contributed by atoms with E-state index < -0.39 is 10.0 Å². The minimum absolute atomic E-state index is 0.0205. The van der Waals surface area contributed by atoms with Crippen LogP contribution in [0.3, 0.4) is 0 Å². The number of aromatic nitrogens is 2. The van der Waals surface area contributed by atoms with E-state index in [1.807, 2.05) is 0 Å². The maximum absolute atomic E-state index is 12.4. The van der Waals surface area contributed by atoms with Gasteiger partial charge in [0.15, 0.2) is 0 Å². The summed E-state index contributed by atoms with van der Waals surface area (Å²) in [6, 6.07) is 2.89. The number of hydrogen-bond acceptors (Lipinski definition) is 3. The zero-order valence-corrected chi connectivity index (χ0v) is 12.0. The Hall–Kier alpha value is -1.04. The van der Waals surface area contributed by atoms with Crippen molar-refractivity contribution in [2.75, 3.05) is 0 Å². The minimum Gasteiger partial charge on any atom is -0.241 e. The van der Waals surface area contributed by atoms with Crippen LogP contribution in [0.2, 0.25) is 10.0 Å². The van der Waals surface area contributed by atoms with E-state index in [0.717, 1.165) is 3.97 Å². The molecule has 96 valence electrons. The fraction of sp³-hybridized carbons (Fsp3) is 0.182. The van der Waals surface area contributed by atoms with Crippen LogP contribution in [0.15, 0.2) is 29.4 Å². The summed E-state index contributed by atoms with van der Waals surface area (Å²) in [6.45, 7) is 3.33. The van der Waals surface area contributed by atoms with E-state index in [0.29, 0.717) is 16.4 Å². The van der Waals surface area contributed by atoms with Crippen LogP contribution in [0.25, 0.3) is 0 Å². The predicted molar refractivity (Wildman–Crippen MR) is 70.7 cm³/mol. The van der Waals surface area contributed by atoms with Crippen LogP contribution < -0.4 is 0 Å². The van der Waals surface area contributed by atoms with Crippen LogP contribution in [-0.4, -0.2) is 17.4 Å². The van der Waals surface area contributed by atoms with Crippen LogP contribution in [0, 0.1) is 13.8 Å². The van der Waals surface area contributed by atoms with Crippen LogP contribution in [-0.2, 0) is 10.0 Å². The number of nitrogens with zero attached hydrogens (tertiary/aromatic N) is 2. The molecule has 2 rings (SSSR count). The van der Waals surface area contributed by atoms with Crippen LogP contribution in [0.5, 0.6) is 0 Å². The molecule has 0 atom stereocenters. The molecule has 4 nitrogen and oxygen atoms in total. The van der Waals surface area contributed by atoms with Crippen LogP contribution in [0.1, 0.15) is 11.4 Å². The second kappa shape index (κ2) is 4.57. The highest BCUT2D eigenvalue weighted by Crippen LogP contribution is 2.29. The molecule has 0 amide bonds. The maximum Gasteiger partial charge on any atom is 0.270 e. The van der Waals surface area contributed by atoms with Crippen molar-refractivity contribution in [3.8, 4) is 0 Å². The third-order valence-electron chi connectivity index (χ3n) is 2.53. The van der Waals surface area contributed by atoms with Crippen molar-refractivity contribution >= 4 is 33.2 Å². The number of imidazole rings is 1. The van der Waals surface area contributed by atoms with E-state index in [1.165, 1.54) is 24.5 Å². The van der Waals surface area contributed by atoms with Crippen molar-refractivity contribution in [3.05, 3.63) is 46.0 Å². The molecule has 0 aliphatic carbocycles. The molecule has 0 spiro atoms. The highest BCUT2D eigenvalue weighted by atomic mass is 35.5. The molecular formula is C11H10Cl2N2O2S. The van der Waals surface area contributed by atoms with E-state index in [4.69, 9.17) is 23.2 Å². The normalized spacial score (nSPS) is 11.8. The quantitative estimate of drug-likeness (QED) is 0.857. The van der Waals surface area contributed by atoms with Crippen molar-refractivity contribution in [2.45, 2.75) is 18.7 Å². The minimum atomic E-state index is -3.73. The van der Waals surface area contributed by atoms with Crippen molar-refractivity contribution in [1.82, 2.24) is 8.96 Å². The van der Waals surface area contributed by atoms with E-state index in [1.54, 1.807) is 13.8 Å². The van der Waals surface area contributed by atoms with Crippen molar-refractivity contribution in [1.29, 1.82) is 0 Å². The third kappa shape index (κ3) is 2.13. The van der Waals surface area contributed by atoms with Gasteiger partial charge in [-0.1, -0.05) is 23.2 Å². The van der Waals surface area contributed by atoms with Gasteiger partial charge in [-0.25, -0.2) is 17.4 Å². The molecule has 0 unspecified atom stereocenters. The zero-order valence-electron chi connectivity index (χ0n) is 9.68. The smallest absolute Gasteiger partial charge is 0.241 e. The topological polar surface area (TPSA) is 52.0 Å². The number of aryl methyl sites for hydroxylation is 2. The summed E-state index contributed by atoms with van der Waals surface area (Å²) < 4.78 is 25.9. The van der Waals surface area contributed by atoms with E-state index in [2.05, 4.69) is 4.98 Å². The molecule has 0 aliphatic heterocycles. The Labute approximate surface area is 115 Å². The van der Waals surface area contributed by atoms with Gasteiger partial charge in [0, 0.05) is 17.4 Å². The van der Waals surface area contributed by atoms with Crippen molar-refractivity contribution < 1.29 is 8.42 Å². The Kier molecular flexibility index (Phi) is 3.40. The second-order valence-corrected chi connectivity index (χ2v) is 6.40. The second-order valence-electron chi connectivity index (χ2n) is 3.81. The first-order chi connectivity index (χ1) is 8.34. The molecule has 2 aromatic rings. The van der Waals surface area contributed by atoms with Gasteiger partial charge in [0.1, 0.15) is 10.7 Å². The molecule has 0 N–H and O–H groups in total. The summed E-state index contributed by atoms with van der Waals surface area (Å²) >= 11 is 11.9. The first kappa shape index (κ1) is 13.4. The fourth-order valence-corrected chi connectivity index (χ4v) is 3.68. The summed E-state index contributed by atoms with van der Waals surface area (Å²) in [6.07, 6.45) is 2.80. The molecule has 0 saturated carbocycles. The first-order valence-corrected chi connectivity index (χ1v) is 7.25. The Balaban J connectivity index is 2.70. The fourth-order valence-electron chi connectivity index (χ4n) is 1.55. The molecular weight excluding hydrogens is 295 g/mol. The molecule has 0 radical (unpaired) electrons.